The molecule has 3 aromatic carbocycles. The second kappa shape index (κ2) is 10.1. The Kier molecular flexibility index (Phi) is 6.71. The number of phenols is 1. The van der Waals surface area contributed by atoms with Crippen molar-refractivity contribution in [3.05, 3.63) is 83.4 Å². The Labute approximate surface area is 210 Å². The Morgan fingerprint density at radius 3 is 2.28 bits per heavy atom. The number of nitrogens with zero attached hydrogens (tertiary/aromatic N) is 1. The first-order valence-corrected chi connectivity index (χ1v) is 12.0. The Morgan fingerprint density at radius 1 is 0.861 bits per heavy atom. The van der Waals surface area contributed by atoms with Crippen LogP contribution in [0.3, 0.4) is 0 Å². The van der Waals surface area contributed by atoms with Gasteiger partial charge in [0.2, 0.25) is 5.91 Å². The quantitative estimate of drug-likeness (QED) is 0.447. The average Bonchev–Trinajstić information content (AvgIpc) is 3.46. The number of likely N-dealkylation sites (tertiary alicyclic amines) is 1. The number of carbonyl (C=O) groups excluding carboxylic acids is 1. The molecule has 36 heavy (non-hydrogen) atoms. The number of para-hydroxylation sites is 1. The van der Waals surface area contributed by atoms with Gasteiger partial charge in [0.05, 0.1) is 33.4 Å². The molecule has 2 heterocycles. The zero-order valence-corrected chi connectivity index (χ0v) is 20.6. The van der Waals surface area contributed by atoms with Crippen LogP contribution in [0.15, 0.2) is 66.7 Å². The van der Waals surface area contributed by atoms with Gasteiger partial charge >= 0.3 is 0 Å². The highest BCUT2D eigenvalue weighted by Gasteiger charge is 2.55. The molecule has 3 N–H and O–H groups in total. The van der Waals surface area contributed by atoms with Crippen LogP contribution < -0.4 is 25.1 Å². The number of carbonyl (C=O) groups is 1. The van der Waals surface area contributed by atoms with Gasteiger partial charge in [0.1, 0.15) is 17.5 Å². The number of rotatable bonds is 8. The Bertz CT molecular complexity index is 1230. The lowest BCUT2D eigenvalue weighted by atomic mass is 9.83. The number of hydrazine groups is 1. The highest BCUT2D eigenvalue weighted by molar-refractivity contribution is 5.86. The predicted octanol–water partition coefficient (Wildman–Crippen LogP) is 3.38. The molecule has 2 saturated heterocycles. The van der Waals surface area contributed by atoms with E-state index in [1.54, 1.807) is 33.5 Å². The zero-order valence-electron chi connectivity index (χ0n) is 20.6. The van der Waals surface area contributed by atoms with Crippen molar-refractivity contribution in [3.63, 3.8) is 0 Å². The first-order chi connectivity index (χ1) is 17.5. The lowest BCUT2D eigenvalue weighted by Gasteiger charge is -2.32. The van der Waals surface area contributed by atoms with Crippen LogP contribution >= 0.6 is 0 Å². The summed E-state index contributed by atoms with van der Waals surface area (Å²) in [5, 5.41) is 10.6. The van der Waals surface area contributed by atoms with Gasteiger partial charge in [-0.1, -0.05) is 36.4 Å². The van der Waals surface area contributed by atoms with E-state index in [9.17, 15) is 9.90 Å². The van der Waals surface area contributed by atoms with E-state index < -0.39 is 6.04 Å². The van der Waals surface area contributed by atoms with Gasteiger partial charge in [0.25, 0.3) is 0 Å². The molecule has 0 radical (unpaired) electrons. The minimum absolute atomic E-state index is 0.0266. The molecule has 4 atom stereocenters. The summed E-state index contributed by atoms with van der Waals surface area (Å²) in [5.74, 6) is 2.12. The standard InChI is InChI=1S/C28H31N3O5/c1-34-19-11-8-17(9-12-19)14-15-31-27(18-10-13-22(35-2)23(16-18)36-3)24-25(29-30-26(24)28(31)33)20-6-4-5-7-21(20)32/h4-13,16,24-27,29-30,32H,14-15H2,1-3H3. The molecule has 0 aliphatic carbocycles. The fourth-order valence-electron chi connectivity index (χ4n) is 5.44. The average molecular weight is 490 g/mol. The van der Waals surface area contributed by atoms with Crippen molar-refractivity contribution in [1.82, 2.24) is 15.8 Å². The molecule has 0 saturated carbocycles. The third kappa shape index (κ3) is 4.23. The van der Waals surface area contributed by atoms with Gasteiger partial charge in [0, 0.05) is 18.0 Å². The molecule has 2 fully saturated rings. The summed E-state index contributed by atoms with van der Waals surface area (Å²) in [6.07, 6.45) is 0.702. The van der Waals surface area contributed by atoms with Crippen molar-refractivity contribution in [1.29, 1.82) is 0 Å². The first kappa shape index (κ1) is 24.0. The van der Waals surface area contributed by atoms with E-state index in [-0.39, 0.29) is 29.7 Å². The molecule has 0 spiro atoms. The number of hydrogen-bond donors (Lipinski definition) is 3. The predicted molar refractivity (Wildman–Crippen MR) is 135 cm³/mol. The van der Waals surface area contributed by atoms with Crippen LogP contribution in [0.2, 0.25) is 0 Å². The number of hydrogen-bond acceptors (Lipinski definition) is 7. The van der Waals surface area contributed by atoms with E-state index in [0.29, 0.717) is 24.5 Å². The summed E-state index contributed by atoms with van der Waals surface area (Å²) in [6.45, 7) is 0.548. The van der Waals surface area contributed by atoms with Gasteiger partial charge in [0.15, 0.2) is 11.5 Å². The summed E-state index contributed by atoms with van der Waals surface area (Å²) < 4.78 is 16.3. The molecule has 188 valence electrons. The van der Waals surface area contributed by atoms with Gasteiger partial charge in [-0.2, -0.15) is 0 Å². The Morgan fingerprint density at radius 2 is 1.58 bits per heavy atom. The Balaban J connectivity index is 1.52. The molecule has 5 rings (SSSR count). The van der Waals surface area contributed by atoms with Gasteiger partial charge in [-0.15, -0.1) is 0 Å². The first-order valence-electron chi connectivity index (χ1n) is 12.0. The zero-order chi connectivity index (χ0) is 25.2. The summed E-state index contributed by atoms with van der Waals surface area (Å²) in [5.41, 5.74) is 9.32. The number of fused-ring (bicyclic) bond motifs is 1. The molecular formula is C28H31N3O5. The van der Waals surface area contributed by atoms with E-state index >= 15 is 0 Å². The van der Waals surface area contributed by atoms with Crippen LogP contribution in [0, 0.1) is 5.92 Å². The number of nitrogens with one attached hydrogen (secondary N) is 2. The van der Waals surface area contributed by atoms with Crippen molar-refractivity contribution in [2.45, 2.75) is 24.5 Å². The van der Waals surface area contributed by atoms with Crippen molar-refractivity contribution in [2.24, 2.45) is 5.92 Å². The summed E-state index contributed by atoms with van der Waals surface area (Å²) in [7, 11) is 4.86. The summed E-state index contributed by atoms with van der Waals surface area (Å²) >= 11 is 0. The van der Waals surface area contributed by atoms with E-state index in [1.807, 2.05) is 59.5 Å². The number of benzene rings is 3. The second-order valence-electron chi connectivity index (χ2n) is 9.07. The molecule has 3 aromatic rings. The number of phenolic OH excluding ortho intramolecular Hbond substituents is 1. The molecule has 2 aliphatic heterocycles. The minimum atomic E-state index is -0.427. The lowest BCUT2D eigenvalue weighted by molar-refractivity contribution is -0.130. The maximum absolute atomic E-state index is 13.7. The molecule has 8 heteroatoms. The van der Waals surface area contributed by atoms with Crippen LogP contribution in [0.4, 0.5) is 0 Å². The normalized spacial score (nSPS) is 23.0. The topological polar surface area (TPSA) is 92.3 Å². The van der Waals surface area contributed by atoms with E-state index in [0.717, 1.165) is 22.4 Å². The van der Waals surface area contributed by atoms with Crippen molar-refractivity contribution >= 4 is 5.91 Å². The molecule has 0 aromatic heterocycles. The highest BCUT2D eigenvalue weighted by atomic mass is 16.5. The van der Waals surface area contributed by atoms with Crippen molar-refractivity contribution in [3.8, 4) is 23.0 Å². The summed E-state index contributed by atoms with van der Waals surface area (Å²) in [6, 6.07) is 20.1. The molecule has 2 aliphatic rings. The maximum atomic E-state index is 13.7. The largest absolute Gasteiger partial charge is 0.508 e. The van der Waals surface area contributed by atoms with Crippen LogP contribution in [-0.2, 0) is 11.2 Å². The third-order valence-electron chi connectivity index (χ3n) is 7.24. The molecular weight excluding hydrogens is 458 g/mol. The molecule has 1 amide bonds. The number of amides is 1. The Hall–Kier alpha value is -3.75. The molecule has 0 bridgehead atoms. The van der Waals surface area contributed by atoms with Crippen molar-refractivity contribution in [2.75, 3.05) is 27.9 Å². The number of methoxy groups -OCH3 is 3. The van der Waals surface area contributed by atoms with Gasteiger partial charge < -0.3 is 24.2 Å². The minimum Gasteiger partial charge on any atom is -0.508 e. The summed E-state index contributed by atoms with van der Waals surface area (Å²) in [4.78, 5) is 15.7. The van der Waals surface area contributed by atoms with Gasteiger partial charge in [-0.05, 0) is 47.9 Å². The van der Waals surface area contributed by atoms with Crippen LogP contribution in [-0.4, -0.2) is 49.8 Å². The fraction of sp³-hybridized carbons (Fsp3) is 0.321. The van der Waals surface area contributed by atoms with E-state index in [2.05, 4.69) is 10.9 Å². The maximum Gasteiger partial charge on any atom is 0.242 e. The van der Waals surface area contributed by atoms with Crippen LogP contribution in [0.1, 0.15) is 28.8 Å². The third-order valence-corrected chi connectivity index (χ3v) is 7.24. The van der Waals surface area contributed by atoms with E-state index in [1.165, 1.54) is 0 Å². The van der Waals surface area contributed by atoms with Gasteiger partial charge in [-0.3, -0.25) is 4.79 Å². The van der Waals surface area contributed by atoms with Crippen molar-refractivity contribution < 1.29 is 24.1 Å². The number of ether oxygens (including phenoxy) is 3. The van der Waals surface area contributed by atoms with Gasteiger partial charge in [-0.25, -0.2) is 10.9 Å². The smallest absolute Gasteiger partial charge is 0.242 e. The number of aromatic hydroxyl groups is 1. The lowest BCUT2D eigenvalue weighted by Crippen LogP contribution is -2.42. The monoisotopic (exact) mass is 489 g/mol. The fourth-order valence-corrected chi connectivity index (χ4v) is 5.44. The van der Waals surface area contributed by atoms with E-state index in [4.69, 9.17) is 14.2 Å². The molecule has 4 unspecified atom stereocenters. The highest BCUT2D eigenvalue weighted by Crippen LogP contribution is 2.49. The SMILES string of the molecule is COc1ccc(CCN2C(=O)C3NNC(c4ccccc4O)C3C2c2ccc(OC)c(OC)c2)cc1. The molecule has 8 nitrogen and oxygen atoms in total. The second-order valence-corrected chi connectivity index (χ2v) is 9.07. The van der Waals surface area contributed by atoms with Crippen LogP contribution in [0.25, 0.3) is 0 Å². The van der Waals surface area contributed by atoms with Crippen LogP contribution in [0.5, 0.6) is 23.0 Å².